The molecule has 0 aliphatic carbocycles. The van der Waals surface area contributed by atoms with E-state index in [1.165, 1.54) is 49.6 Å². The van der Waals surface area contributed by atoms with Crippen molar-refractivity contribution < 1.29 is 23.5 Å². The molecule has 1 aromatic heterocycles. The summed E-state index contributed by atoms with van der Waals surface area (Å²) < 4.78 is 17.9. The van der Waals surface area contributed by atoms with Crippen LogP contribution in [0.4, 0.5) is 10.1 Å². The first-order chi connectivity index (χ1) is 13.9. The molecule has 2 aromatic carbocycles. The summed E-state index contributed by atoms with van der Waals surface area (Å²) in [6, 6.07) is 9.92. The summed E-state index contributed by atoms with van der Waals surface area (Å²) in [5, 5.41) is 2.54. The summed E-state index contributed by atoms with van der Waals surface area (Å²) in [6.45, 7) is -0.767. The van der Waals surface area contributed by atoms with Crippen LogP contribution in [0, 0.1) is 5.82 Å². The SMILES string of the molecule is CN(CC(=O)Nc1ccc(F)cc1)C(=O)COC(=O)c1ccc2nccnc2c1. The first-order valence-corrected chi connectivity index (χ1v) is 8.59. The van der Waals surface area contributed by atoms with Crippen LogP contribution >= 0.6 is 0 Å². The number of benzene rings is 2. The quantitative estimate of drug-likeness (QED) is 0.640. The molecule has 0 atom stereocenters. The Bertz CT molecular complexity index is 1060. The van der Waals surface area contributed by atoms with E-state index in [2.05, 4.69) is 15.3 Å². The van der Waals surface area contributed by atoms with Gasteiger partial charge in [0.2, 0.25) is 5.91 Å². The second-order valence-electron chi connectivity index (χ2n) is 6.14. The van der Waals surface area contributed by atoms with Gasteiger partial charge in [0, 0.05) is 25.1 Å². The Kier molecular flexibility index (Phi) is 6.08. The van der Waals surface area contributed by atoms with Crippen molar-refractivity contribution in [3.8, 4) is 0 Å². The van der Waals surface area contributed by atoms with Crippen LogP contribution in [0.2, 0.25) is 0 Å². The first kappa shape index (κ1) is 19.9. The number of halogens is 1. The van der Waals surface area contributed by atoms with Crippen molar-refractivity contribution >= 4 is 34.5 Å². The van der Waals surface area contributed by atoms with Crippen LogP contribution in [0.3, 0.4) is 0 Å². The number of anilines is 1. The van der Waals surface area contributed by atoms with Gasteiger partial charge in [-0.1, -0.05) is 0 Å². The summed E-state index contributed by atoms with van der Waals surface area (Å²) >= 11 is 0. The molecule has 8 nitrogen and oxygen atoms in total. The molecule has 0 fully saturated rings. The van der Waals surface area contributed by atoms with Gasteiger partial charge in [0.15, 0.2) is 6.61 Å². The monoisotopic (exact) mass is 396 g/mol. The van der Waals surface area contributed by atoms with E-state index >= 15 is 0 Å². The van der Waals surface area contributed by atoms with Crippen molar-refractivity contribution in [1.82, 2.24) is 14.9 Å². The van der Waals surface area contributed by atoms with Gasteiger partial charge in [-0.25, -0.2) is 9.18 Å². The third-order valence-electron chi connectivity index (χ3n) is 3.97. The van der Waals surface area contributed by atoms with Gasteiger partial charge in [-0.2, -0.15) is 0 Å². The molecule has 3 rings (SSSR count). The van der Waals surface area contributed by atoms with Gasteiger partial charge in [0.1, 0.15) is 5.82 Å². The average Bonchev–Trinajstić information content (AvgIpc) is 2.72. The molecule has 0 aliphatic heterocycles. The van der Waals surface area contributed by atoms with Gasteiger partial charge in [-0.05, 0) is 42.5 Å². The second-order valence-corrected chi connectivity index (χ2v) is 6.14. The number of aromatic nitrogens is 2. The van der Waals surface area contributed by atoms with Crippen LogP contribution in [0.5, 0.6) is 0 Å². The van der Waals surface area contributed by atoms with Gasteiger partial charge in [-0.3, -0.25) is 19.6 Å². The number of nitrogens with zero attached hydrogens (tertiary/aromatic N) is 3. The molecule has 148 valence electrons. The Labute approximate surface area is 165 Å². The van der Waals surface area contributed by atoms with Crippen LogP contribution in [0.15, 0.2) is 54.9 Å². The van der Waals surface area contributed by atoms with Gasteiger partial charge in [-0.15, -0.1) is 0 Å². The molecule has 9 heteroatoms. The first-order valence-electron chi connectivity index (χ1n) is 8.59. The number of fused-ring (bicyclic) bond motifs is 1. The van der Waals surface area contributed by atoms with Crippen molar-refractivity contribution in [2.24, 2.45) is 0 Å². The lowest BCUT2D eigenvalue weighted by molar-refractivity contribution is -0.136. The molecule has 0 radical (unpaired) electrons. The fourth-order valence-corrected chi connectivity index (χ4v) is 2.45. The molecular formula is C20H17FN4O4. The normalized spacial score (nSPS) is 10.4. The number of rotatable bonds is 6. The number of hydrogen-bond donors (Lipinski definition) is 1. The number of nitrogens with one attached hydrogen (secondary N) is 1. The van der Waals surface area contributed by atoms with Crippen molar-refractivity contribution in [2.75, 3.05) is 25.5 Å². The number of carbonyl (C=O) groups excluding carboxylic acids is 3. The molecule has 0 bridgehead atoms. The molecule has 0 saturated heterocycles. The Balaban J connectivity index is 1.50. The summed E-state index contributed by atoms with van der Waals surface area (Å²) in [5.74, 6) is -2.12. The molecule has 0 saturated carbocycles. The van der Waals surface area contributed by atoms with Gasteiger partial charge in [0.05, 0.1) is 23.1 Å². The van der Waals surface area contributed by atoms with Crippen molar-refractivity contribution in [2.45, 2.75) is 0 Å². The number of hydrogen-bond acceptors (Lipinski definition) is 6. The van der Waals surface area contributed by atoms with Gasteiger partial charge in [0.25, 0.3) is 5.91 Å². The summed E-state index contributed by atoms with van der Waals surface area (Å²) in [4.78, 5) is 45.6. The minimum Gasteiger partial charge on any atom is -0.452 e. The van der Waals surface area contributed by atoms with E-state index in [-0.39, 0.29) is 12.1 Å². The van der Waals surface area contributed by atoms with E-state index in [0.29, 0.717) is 16.7 Å². The third kappa shape index (κ3) is 5.32. The predicted octanol–water partition coefficient (Wildman–Crippen LogP) is 2.02. The number of esters is 1. The maximum Gasteiger partial charge on any atom is 0.338 e. The van der Waals surface area contributed by atoms with Crippen LogP contribution in [-0.4, -0.2) is 52.9 Å². The average molecular weight is 396 g/mol. The summed E-state index contributed by atoms with van der Waals surface area (Å²) in [5.41, 5.74) is 1.81. The number of ether oxygens (including phenoxy) is 1. The largest absolute Gasteiger partial charge is 0.452 e. The van der Waals surface area contributed by atoms with E-state index in [1.54, 1.807) is 12.3 Å². The molecule has 3 aromatic rings. The highest BCUT2D eigenvalue weighted by atomic mass is 19.1. The zero-order chi connectivity index (χ0) is 20.8. The Morgan fingerprint density at radius 2 is 1.72 bits per heavy atom. The number of amides is 2. The van der Waals surface area contributed by atoms with Crippen molar-refractivity contribution in [3.63, 3.8) is 0 Å². The fourth-order valence-electron chi connectivity index (χ4n) is 2.45. The standard InChI is InChI=1S/C20H17FN4O4/c1-25(11-18(26)24-15-5-3-14(21)4-6-15)19(27)12-29-20(28)13-2-7-16-17(10-13)23-9-8-22-16/h2-10H,11-12H2,1H3,(H,24,26). The van der Waals surface area contributed by atoms with Crippen LogP contribution in [-0.2, 0) is 14.3 Å². The van der Waals surface area contributed by atoms with E-state index in [4.69, 9.17) is 4.74 Å². The fraction of sp³-hybridized carbons (Fsp3) is 0.150. The minimum absolute atomic E-state index is 0.238. The highest BCUT2D eigenvalue weighted by molar-refractivity contribution is 5.96. The lowest BCUT2D eigenvalue weighted by atomic mass is 10.2. The van der Waals surface area contributed by atoms with Gasteiger partial charge >= 0.3 is 5.97 Å². The van der Waals surface area contributed by atoms with E-state index in [9.17, 15) is 18.8 Å². The Morgan fingerprint density at radius 1 is 1.03 bits per heavy atom. The summed E-state index contributed by atoms with van der Waals surface area (Å²) in [6.07, 6.45) is 3.05. The molecule has 0 aliphatic rings. The second kappa shape index (κ2) is 8.87. The lowest BCUT2D eigenvalue weighted by Crippen LogP contribution is -2.37. The molecule has 2 amide bonds. The predicted molar refractivity (Wildman–Crippen MR) is 102 cm³/mol. The Hall–Kier alpha value is -3.88. The zero-order valence-electron chi connectivity index (χ0n) is 15.5. The van der Waals surface area contributed by atoms with Crippen molar-refractivity contribution in [3.05, 3.63) is 66.2 Å². The number of carbonyl (C=O) groups is 3. The molecule has 1 N–H and O–H groups in total. The molecule has 29 heavy (non-hydrogen) atoms. The van der Waals surface area contributed by atoms with Crippen LogP contribution in [0.25, 0.3) is 11.0 Å². The maximum absolute atomic E-state index is 12.9. The lowest BCUT2D eigenvalue weighted by Gasteiger charge is -2.16. The van der Waals surface area contributed by atoms with E-state index in [1.807, 2.05) is 0 Å². The van der Waals surface area contributed by atoms with E-state index in [0.717, 1.165) is 4.90 Å². The van der Waals surface area contributed by atoms with Crippen molar-refractivity contribution in [1.29, 1.82) is 0 Å². The van der Waals surface area contributed by atoms with Crippen LogP contribution < -0.4 is 5.32 Å². The topological polar surface area (TPSA) is 101 Å². The van der Waals surface area contributed by atoms with E-state index < -0.39 is 30.2 Å². The Morgan fingerprint density at radius 3 is 2.45 bits per heavy atom. The smallest absolute Gasteiger partial charge is 0.338 e. The highest BCUT2D eigenvalue weighted by Gasteiger charge is 2.16. The molecule has 0 unspecified atom stereocenters. The molecule has 1 heterocycles. The zero-order valence-corrected chi connectivity index (χ0v) is 15.5. The molecular weight excluding hydrogens is 379 g/mol. The minimum atomic E-state index is -0.685. The third-order valence-corrected chi connectivity index (χ3v) is 3.97. The highest BCUT2D eigenvalue weighted by Crippen LogP contribution is 2.12. The summed E-state index contributed by atoms with van der Waals surface area (Å²) in [7, 11) is 1.41. The number of likely N-dealkylation sites (N-methyl/N-ethyl adjacent to an activating group) is 1. The van der Waals surface area contributed by atoms with Gasteiger partial charge < -0.3 is 15.0 Å². The maximum atomic E-state index is 12.9. The molecule has 0 spiro atoms. The van der Waals surface area contributed by atoms with Crippen LogP contribution in [0.1, 0.15) is 10.4 Å².